The van der Waals surface area contributed by atoms with Crippen molar-refractivity contribution in [2.45, 2.75) is 13.8 Å². The van der Waals surface area contributed by atoms with Crippen molar-refractivity contribution >= 4 is 45.8 Å². The molecule has 0 saturated carbocycles. The molecule has 3 N–H and O–H groups in total. The summed E-state index contributed by atoms with van der Waals surface area (Å²) >= 11 is 3.49. The van der Waals surface area contributed by atoms with E-state index in [1.165, 1.54) is 11.5 Å². The topological polar surface area (TPSA) is 76.2 Å². The van der Waals surface area contributed by atoms with Gasteiger partial charge in [-0.25, -0.2) is 4.79 Å². The van der Waals surface area contributed by atoms with Crippen molar-refractivity contribution < 1.29 is 9.90 Å². The second kappa shape index (κ2) is 4.85. The third-order valence-corrected chi connectivity index (χ3v) is 4.62. The third kappa shape index (κ3) is 2.22. The van der Waals surface area contributed by atoms with Gasteiger partial charge in [-0.1, -0.05) is 0 Å². The van der Waals surface area contributed by atoms with Gasteiger partial charge in [0.2, 0.25) is 0 Å². The van der Waals surface area contributed by atoms with E-state index in [-0.39, 0.29) is 5.56 Å². The van der Waals surface area contributed by atoms with Crippen molar-refractivity contribution in [3.8, 4) is 10.4 Å². The normalized spacial score (nSPS) is 10.6. The predicted octanol–water partition coefficient (Wildman–Crippen LogP) is 3.31. The average molecular weight is 374 g/mol. The highest BCUT2D eigenvalue weighted by Gasteiger charge is 2.18. The second-order valence-electron chi connectivity index (χ2n) is 3.98. The van der Waals surface area contributed by atoms with Crippen molar-refractivity contribution in [1.82, 2.24) is 4.37 Å². The van der Waals surface area contributed by atoms with Crippen LogP contribution in [0.25, 0.3) is 10.4 Å². The molecule has 0 bridgehead atoms. The molecule has 0 aliphatic rings. The zero-order valence-corrected chi connectivity index (χ0v) is 12.8. The summed E-state index contributed by atoms with van der Waals surface area (Å²) in [5.74, 6) is -0.999. The van der Waals surface area contributed by atoms with E-state index in [2.05, 4.69) is 27.0 Å². The molecule has 6 heteroatoms. The molecule has 0 aliphatic carbocycles. The quantitative estimate of drug-likeness (QED) is 0.625. The number of carboxylic acid groups (broad SMARTS) is 1. The molecule has 2 aromatic rings. The van der Waals surface area contributed by atoms with Crippen molar-refractivity contribution in [2.24, 2.45) is 0 Å². The number of nitrogens with zero attached hydrogens (tertiary/aromatic N) is 1. The number of halogens is 1. The number of hydrogen-bond donors (Lipinski definition) is 2. The number of anilines is 1. The Bertz CT molecular complexity index is 637. The number of nitrogen functional groups attached to an aromatic ring is 1. The largest absolute Gasteiger partial charge is 0.478 e. The maximum absolute atomic E-state index is 11.1. The Morgan fingerprint density at radius 1 is 1.44 bits per heavy atom. The Morgan fingerprint density at radius 2 is 2.11 bits per heavy atom. The molecule has 0 atom stereocenters. The molecule has 2 rings (SSSR count). The lowest BCUT2D eigenvalue weighted by atomic mass is 10.0. The van der Waals surface area contributed by atoms with Gasteiger partial charge in [-0.2, -0.15) is 4.37 Å². The van der Waals surface area contributed by atoms with Gasteiger partial charge < -0.3 is 10.8 Å². The van der Waals surface area contributed by atoms with Gasteiger partial charge in [0.25, 0.3) is 0 Å². The van der Waals surface area contributed by atoms with Gasteiger partial charge in [0.1, 0.15) is 0 Å². The van der Waals surface area contributed by atoms with Gasteiger partial charge in [0.05, 0.1) is 21.8 Å². The zero-order chi connectivity index (χ0) is 13.4. The van der Waals surface area contributed by atoms with Gasteiger partial charge >= 0.3 is 5.97 Å². The number of carbonyl (C=O) groups is 1. The lowest BCUT2D eigenvalue weighted by Gasteiger charge is -2.11. The molecule has 1 aromatic carbocycles. The van der Waals surface area contributed by atoms with Crippen molar-refractivity contribution in [3.05, 3.63) is 32.5 Å². The summed E-state index contributed by atoms with van der Waals surface area (Å²) in [6.07, 6.45) is 0. The number of aromatic nitrogens is 1. The van der Waals surface area contributed by atoms with Crippen LogP contribution in [0.5, 0.6) is 0 Å². The molecule has 0 radical (unpaired) electrons. The van der Waals surface area contributed by atoms with Gasteiger partial charge in [0, 0.05) is 9.13 Å². The molecule has 0 amide bonds. The lowest BCUT2D eigenvalue weighted by Crippen LogP contribution is -2.06. The van der Waals surface area contributed by atoms with E-state index < -0.39 is 5.97 Å². The van der Waals surface area contributed by atoms with Gasteiger partial charge in [-0.05, 0) is 65.7 Å². The van der Waals surface area contributed by atoms with Crippen molar-refractivity contribution in [3.63, 3.8) is 0 Å². The van der Waals surface area contributed by atoms with Gasteiger partial charge in [-0.3, -0.25) is 0 Å². The van der Waals surface area contributed by atoms with Crippen LogP contribution in [0.4, 0.5) is 5.69 Å². The molecule has 1 aromatic heterocycles. The minimum atomic E-state index is -0.999. The number of hydrogen-bond acceptors (Lipinski definition) is 4. The fraction of sp³-hybridized carbons (Fsp3) is 0.167. The van der Waals surface area contributed by atoms with E-state index in [1.807, 2.05) is 19.9 Å². The number of aryl methyl sites for hydroxylation is 2. The summed E-state index contributed by atoms with van der Waals surface area (Å²) in [7, 11) is 0. The molecule has 0 spiro atoms. The SMILES string of the molecule is Cc1cc(-c2c(C)cc(C(=O)O)c(N)c2I)sn1. The van der Waals surface area contributed by atoms with Crippen LogP contribution in [0.1, 0.15) is 21.6 Å². The van der Waals surface area contributed by atoms with Crippen LogP contribution in [-0.4, -0.2) is 15.4 Å². The predicted molar refractivity (Wildman–Crippen MR) is 81.1 cm³/mol. The number of benzene rings is 1. The molecular weight excluding hydrogens is 363 g/mol. The summed E-state index contributed by atoms with van der Waals surface area (Å²) in [6.45, 7) is 3.82. The highest BCUT2D eigenvalue weighted by Crippen LogP contribution is 2.36. The third-order valence-electron chi connectivity index (χ3n) is 2.61. The van der Waals surface area contributed by atoms with Crippen LogP contribution in [0.15, 0.2) is 12.1 Å². The van der Waals surface area contributed by atoms with Crippen LogP contribution in [0.2, 0.25) is 0 Å². The van der Waals surface area contributed by atoms with E-state index in [4.69, 9.17) is 10.8 Å². The van der Waals surface area contributed by atoms with Crippen molar-refractivity contribution in [1.29, 1.82) is 0 Å². The van der Waals surface area contributed by atoms with E-state index >= 15 is 0 Å². The standard InChI is InChI=1S/C12H11IN2O2S/c1-5-3-7(12(16)17)11(14)10(13)9(5)8-4-6(2)15-18-8/h3-4H,14H2,1-2H3,(H,16,17). The fourth-order valence-electron chi connectivity index (χ4n) is 1.75. The maximum Gasteiger partial charge on any atom is 0.337 e. The lowest BCUT2D eigenvalue weighted by molar-refractivity contribution is 0.0698. The van der Waals surface area contributed by atoms with E-state index in [0.717, 1.165) is 25.3 Å². The summed E-state index contributed by atoms with van der Waals surface area (Å²) in [5, 5.41) is 9.09. The first-order chi connectivity index (χ1) is 8.41. The molecule has 1 heterocycles. The number of rotatable bonds is 2. The highest BCUT2D eigenvalue weighted by atomic mass is 127. The smallest absolute Gasteiger partial charge is 0.337 e. The van der Waals surface area contributed by atoms with Crippen LogP contribution >= 0.6 is 34.1 Å². The van der Waals surface area contributed by atoms with Crippen LogP contribution in [0, 0.1) is 17.4 Å². The Hall–Kier alpha value is -1.15. The van der Waals surface area contributed by atoms with Crippen LogP contribution < -0.4 is 5.73 Å². The molecular formula is C12H11IN2O2S. The molecule has 94 valence electrons. The first kappa shape index (κ1) is 13.3. The minimum Gasteiger partial charge on any atom is -0.478 e. The van der Waals surface area contributed by atoms with E-state index in [0.29, 0.717) is 5.69 Å². The van der Waals surface area contributed by atoms with Gasteiger partial charge in [0.15, 0.2) is 0 Å². The van der Waals surface area contributed by atoms with Crippen molar-refractivity contribution in [2.75, 3.05) is 5.73 Å². The Morgan fingerprint density at radius 3 is 2.61 bits per heavy atom. The minimum absolute atomic E-state index is 0.155. The molecule has 0 fully saturated rings. The second-order valence-corrected chi connectivity index (χ2v) is 5.87. The van der Waals surface area contributed by atoms with E-state index in [1.54, 1.807) is 6.07 Å². The summed E-state index contributed by atoms with van der Waals surface area (Å²) in [6, 6.07) is 3.60. The molecule has 0 aliphatic heterocycles. The molecule has 0 saturated heterocycles. The first-order valence-electron chi connectivity index (χ1n) is 5.17. The fourth-order valence-corrected chi connectivity index (χ4v) is 3.82. The number of nitrogens with two attached hydrogens (primary N) is 1. The highest BCUT2D eigenvalue weighted by molar-refractivity contribution is 14.1. The zero-order valence-electron chi connectivity index (χ0n) is 9.82. The molecule has 18 heavy (non-hydrogen) atoms. The van der Waals surface area contributed by atoms with Crippen LogP contribution in [-0.2, 0) is 0 Å². The van der Waals surface area contributed by atoms with Gasteiger partial charge in [-0.15, -0.1) is 0 Å². The van der Waals surface area contributed by atoms with E-state index in [9.17, 15) is 4.79 Å². The Balaban J connectivity index is 2.70. The molecule has 0 unspecified atom stereocenters. The maximum atomic E-state index is 11.1. The first-order valence-corrected chi connectivity index (χ1v) is 7.02. The van der Waals surface area contributed by atoms with Crippen LogP contribution in [0.3, 0.4) is 0 Å². The molecule has 4 nitrogen and oxygen atoms in total. The number of aromatic carboxylic acids is 1. The monoisotopic (exact) mass is 374 g/mol. The Labute approximate surface area is 122 Å². The Kier molecular flexibility index (Phi) is 3.58. The summed E-state index contributed by atoms with van der Waals surface area (Å²) in [5.41, 5.74) is 9.19. The average Bonchev–Trinajstić information content (AvgIpc) is 2.70. The number of carboxylic acids is 1. The summed E-state index contributed by atoms with van der Waals surface area (Å²) in [4.78, 5) is 12.1. The summed E-state index contributed by atoms with van der Waals surface area (Å²) < 4.78 is 5.02.